The van der Waals surface area contributed by atoms with E-state index in [1.165, 1.54) is 22.5 Å². The topological polar surface area (TPSA) is 49.4 Å². The molecule has 6 heteroatoms. The molecule has 110 valence electrons. The predicted octanol–water partition coefficient (Wildman–Crippen LogP) is 1.59. The summed E-state index contributed by atoms with van der Waals surface area (Å²) in [5.41, 5.74) is 0.0869. The molecule has 3 rings (SSSR count). The van der Waals surface area contributed by atoms with Gasteiger partial charge in [0.15, 0.2) is 0 Å². The Morgan fingerprint density at radius 1 is 1.15 bits per heavy atom. The van der Waals surface area contributed by atoms with E-state index in [-0.39, 0.29) is 10.3 Å². The first-order valence-electron chi connectivity index (χ1n) is 6.99. The van der Waals surface area contributed by atoms with E-state index in [4.69, 9.17) is 0 Å². The fourth-order valence-electron chi connectivity index (χ4n) is 3.26. The first-order chi connectivity index (χ1) is 9.54. The molecule has 0 radical (unpaired) electrons. The third-order valence-electron chi connectivity index (χ3n) is 4.52. The number of sulfonamides is 1. The van der Waals surface area contributed by atoms with Crippen molar-refractivity contribution < 1.29 is 12.8 Å². The summed E-state index contributed by atoms with van der Waals surface area (Å²) in [6, 6.07) is 5.61. The Morgan fingerprint density at radius 3 is 2.55 bits per heavy atom. The number of piperidine rings is 1. The number of hydrogen-bond acceptors (Lipinski definition) is 3. The second-order valence-electron chi connectivity index (χ2n) is 5.77. The molecule has 2 aliphatic heterocycles. The molecule has 2 fully saturated rings. The van der Waals surface area contributed by atoms with Gasteiger partial charge in [0.2, 0.25) is 10.0 Å². The molecule has 0 saturated carbocycles. The lowest BCUT2D eigenvalue weighted by Crippen LogP contribution is -2.39. The third kappa shape index (κ3) is 2.36. The van der Waals surface area contributed by atoms with Gasteiger partial charge in [0.25, 0.3) is 0 Å². The number of hydrogen-bond donors (Lipinski definition) is 1. The van der Waals surface area contributed by atoms with Crippen LogP contribution < -0.4 is 5.32 Å². The number of nitrogens with zero attached hydrogens (tertiary/aromatic N) is 1. The molecular weight excluding hydrogens is 279 g/mol. The van der Waals surface area contributed by atoms with Gasteiger partial charge < -0.3 is 5.32 Å². The van der Waals surface area contributed by atoms with Gasteiger partial charge in [-0.3, -0.25) is 0 Å². The van der Waals surface area contributed by atoms with E-state index in [1.54, 1.807) is 6.07 Å². The molecule has 2 aliphatic rings. The highest BCUT2D eigenvalue weighted by molar-refractivity contribution is 7.89. The van der Waals surface area contributed by atoms with E-state index in [1.807, 2.05) is 0 Å². The van der Waals surface area contributed by atoms with E-state index in [0.29, 0.717) is 13.1 Å². The zero-order valence-electron chi connectivity index (χ0n) is 11.3. The van der Waals surface area contributed by atoms with Crippen LogP contribution in [0, 0.1) is 11.2 Å². The van der Waals surface area contributed by atoms with Gasteiger partial charge in [0, 0.05) is 13.1 Å². The SMILES string of the molecule is O=S(=O)(c1ccccc1F)N1CCC2(CCNCC2)C1. The van der Waals surface area contributed by atoms with Crippen molar-refractivity contribution in [2.24, 2.45) is 5.41 Å². The van der Waals surface area contributed by atoms with Crippen molar-refractivity contribution in [3.8, 4) is 0 Å². The first-order valence-corrected chi connectivity index (χ1v) is 8.43. The van der Waals surface area contributed by atoms with Crippen molar-refractivity contribution in [3.05, 3.63) is 30.1 Å². The van der Waals surface area contributed by atoms with Crippen molar-refractivity contribution in [2.45, 2.75) is 24.2 Å². The second kappa shape index (κ2) is 5.09. The fourth-order valence-corrected chi connectivity index (χ4v) is 4.88. The van der Waals surface area contributed by atoms with Gasteiger partial charge >= 0.3 is 0 Å². The Hall–Kier alpha value is -0.980. The highest BCUT2D eigenvalue weighted by atomic mass is 32.2. The molecule has 4 nitrogen and oxygen atoms in total. The molecule has 0 bridgehead atoms. The number of halogens is 1. The lowest BCUT2D eigenvalue weighted by molar-refractivity contribution is 0.218. The Labute approximate surface area is 119 Å². The number of nitrogens with one attached hydrogen (secondary N) is 1. The molecule has 0 amide bonds. The normalized spacial score (nSPS) is 23.2. The largest absolute Gasteiger partial charge is 0.317 e. The Morgan fingerprint density at radius 2 is 1.85 bits per heavy atom. The second-order valence-corrected chi connectivity index (χ2v) is 7.68. The molecule has 1 spiro atoms. The van der Waals surface area contributed by atoms with Gasteiger partial charge in [-0.05, 0) is 49.9 Å². The van der Waals surface area contributed by atoms with E-state index < -0.39 is 15.8 Å². The number of rotatable bonds is 2. The number of benzene rings is 1. The maximum absolute atomic E-state index is 13.8. The fraction of sp³-hybridized carbons (Fsp3) is 0.571. The van der Waals surface area contributed by atoms with Crippen LogP contribution in [0.2, 0.25) is 0 Å². The quantitative estimate of drug-likeness (QED) is 0.902. The van der Waals surface area contributed by atoms with Gasteiger partial charge in [-0.15, -0.1) is 0 Å². The molecule has 2 heterocycles. The summed E-state index contributed by atoms with van der Waals surface area (Å²) in [4.78, 5) is -0.203. The maximum atomic E-state index is 13.8. The Balaban J connectivity index is 1.85. The molecule has 0 aromatic heterocycles. The van der Waals surface area contributed by atoms with Gasteiger partial charge in [-0.2, -0.15) is 4.31 Å². The summed E-state index contributed by atoms with van der Waals surface area (Å²) in [6.07, 6.45) is 2.87. The van der Waals surface area contributed by atoms with Crippen LogP contribution in [0.4, 0.5) is 4.39 Å². The van der Waals surface area contributed by atoms with Crippen LogP contribution in [-0.4, -0.2) is 38.9 Å². The summed E-state index contributed by atoms with van der Waals surface area (Å²) in [5, 5.41) is 3.30. The van der Waals surface area contributed by atoms with Gasteiger partial charge in [-0.1, -0.05) is 12.1 Å². The van der Waals surface area contributed by atoms with E-state index in [2.05, 4.69) is 5.32 Å². The molecule has 1 N–H and O–H groups in total. The minimum absolute atomic E-state index is 0.0869. The van der Waals surface area contributed by atoms with Crippen molar-refractivity contribution >= 4 is 10.0 Å². The summed E-state index contributed by atoms with van der Waals surface area (Å²) < 4.78 is 40.3. The summed E-state index contributed by atoms with van der Waals surface area (Å²) in [5.74, 6) is -0.668. The summed E-state index contributed by atoms with van der Waals surface area (Å²) in [7, 11) is -3.71. The van der Waals surface area contributed by atoms with Gasteiger partial charge in [0.05, 0.1) is 0 Å². The predicted molar refractivity (Wildman–Crippen MR) is 74.3 cm³/mol. The smallest absolute Gasteiger partial charge is 0.246 e. The molecule has 20 heavy (non-hydrogen) atoms. The van der Waals surface area contributed by atoms with Gasteiger partial charge in [-0.25, -0.2) is 12.8 Å². The van der Waals surface area contributed by atoms with Crippen LogP contribution in [0.3, 0.4) is 0 Å². The summed E-state index contributed by atoms with van der Waals surface area (Å²) >= 11 is 0. The highest BCUT2D eigenvalue weighted by Gasteiger charge is 2.43. The van der Waals surface area contributed by atoms with Crippen LogP contribution in [0.5, 0.6) is 0 Å². The third-order valence-corrected chi connectivity index (χ3v) is 6.40. The average molecular weight is 298 g/mol. The Bertz CT molecular complexity index is 597. The molecule has 0 aliphatic carbocycles. The average Bonchev–Trinajstić information content (AvgIpc) is 2.84. The highest BCUT2D eigenvalue weighted by Crippen LogP contribution is 2.40. The molecule has 1 aromatic carbocycles. The lowest BCUT2D eigenvalue weighted by atomic mass is 9.78. The van der Waals surface area contributed by atoms with Crippen molar-refractivity contribution in [3.63, 3.8) is 0 Å². The van der Waals surface area contributed by atoms with E-state index >= 15 is 0 Å². The minimum Gasteiger partial charge on any atom is -0.317 e. The maximum Gasteiger partial charge on any atom is 0.246 e. The van der Waals surface area contributed by atoms with Crippen LogP contribution in [-0.2, 0) is 10.0 Å². The lowest BCUT2D eigenvalue weighted by Gasteiger charge is -2.33. The molecule has 0 atom stereocenters. The Kier molecular flexibility index (Phi) is 3.56. The molecular formula is C14H19FN2O2S. The van der Waals surface area contributed by atoms with Crippen molar-refractivity contribution in [1.29, 1.82) is 0 Å². The van der Waals surface area contributed by atoms with E-state index in [0.717, 1.165) is 32.4 Å². The van der Waals surface area contributed by atoms with E-state index in [9.17, 15) is 12.8 Å². The summed E-state index contributed by atoms with van der Waals surface area (Å²) in [6.45, 7) is 2.89. The molecule has 2 saturated heterocycles. The van der Waals surface area contributed by atoms with Gasteiger partial charge in [0.1, 0.15) is 10.7 Å². The van der Waals surface area contributed by atoms with Crippen LogP contribution in [0.25, 0.3) is 0 Å². The molecule has 0 unspecified atom stereocenters. The van der Waals surface area contributed by atoms with Crippen molar-refractivity contribution in [2.75, 3.05) is 26.2 Å². The molecule has 1 aromatic rings. The standard InChI is InChI=1S/C14H19FN2O2S/c15-12-3-1-2-4-13(12)20(18,19)17-10-7-14(11-17)5-8-16-9-6-14/h1-4,16H,5-11H2. The monoisotopic (exact) mass is 298 g/mol. The minimum atomic E-state index is -3.71. The zero-order chi connectivity index (χ0) is 14.2. The van der Waals surface area contributed by atoms with Crippen LogP contribution in [0.1, 0.15) is 19.3 Å². The van der Waals surface area contributed by atoms with Crippen LogP contribution in [0.15, 0.2) is 29.2 Å². The zero-order valence-corrected chi connectivity index (χ0v) is 12.1. The first kappa shape index (κ1) is 14.0. The van der Waals surface area contributed by atoms with Crippen molar-refractivity contribution in [1.82, 2.24) is 9.62 Å². The van der Waals surface area contributed by atoms with Crippen LogP contribution >= 0.6 is 0 Å².